The predicted octanol–water partition coefficient (Wildman–Crippen LogP) is 1.76. The van der Waals surface area contributed by atoms with Crippen molar-refractivity contribution in [1.29, 1.82) is 0 Å². The van der Waals surface area contributed by atoms with Crippen molar-refractivity contribution in [3.63, 3.8) is 0 Å². The lowest BCUT2D eigenvalue weighted by atomic mass is 10.3. The van der Waals surface area contributed by atoms with E-state index in [1.165, 1.54) is 0 Å². The molecular formula is C7H6ClFO3S. The van der Waals surface area contributed by atoms with E-state index in [-0.39, 0.29) is 5.75 Å². The van der Waals surface area contributed by atoms with Gasteiger partial charge in [0.15, 0.2) is 0 Å². The minimum absolute atomic E-state index is 0.305. The molecule has 0 atom stereocenters. The smallest absolute Gasteiger partial charge is 0.264 e. The van der Waals surface area contributed by atoms with Crippen molar-refractivity contribution in [2.24, 2.45) is 0 Å². The Labute approximate surface area is 83.7 Å². The number of hydrogen-bond acceptors (Lipinski definition) is 3. The van der Waals surface area contributed by atoms with Crippen LogP contribution in [0.25, 0.3) is 0 Å². The Balaban J connectivity index is 3.19. The Bertz CT molecular complexity index is 500. The van der Waals surface area contributed by atoms with Gasteiger partial charge in [-0.1, -0.05) is 0 Å². The number of benzene rings is 1. The van der Waals surface area contributed by atoms with Crippen molar-refractivity contribution in [3.05, 3.63) is 24.0 Å². The molecule has 3 nitrogen and oxygen atoms in total. The molecule has 0 aromatic heterocycles. The molecule has 0 amide bonds. The van der Waals surface area contributed by atoms with Crippen LogP contribution in [0, 0.1) is 5.82 Å². The molecule has 1 rings (SSSR count). The van der Waals surface area contributed by atoms with E-state index in [4.69, 9.17) is 14.8 Å². The Morgan fingerprint density at radius 3 is 2.85 bits per heavy atom. The maximum absolute atomic E-state index is 13.0. The van der Waals surface area contributed by atoms with Gasteiger partial charge >= 0.3 is 0 Å². The Hall–Kier alpha value is -0.810. The number of ether oxygens (including phenoxy) is 1. The van der Waals surface area contributed by atoms with Gasteiger partial charge in [0, 0.05) is 16.7 Å². The highest BCUT2D eigenvalue weighted by atomic mass is 35.7. The number of halogens is 2. The first kappa shape index (κ1) is 6.62. The molecule has 0 N–H and O–H groups in total. The van der Waals surface area contributed by atoms with Crippen molar-refractivity contribution in [2.45, 2.75) is 4.90 Å². The minimum Gasteiger partial charge on any atom is -0.497 e. The van der Waals surface area contributed by atoms with E-state index in [2.05, 4.69) is 4.74 Å². The van der Waals surface area contributed by atoms with Crippen LogP contribution in [0.3, 0.4) is 0 Å². The van der Waals surface area contributed by atoms with Crippen LogP contribution in [0.1, 0.15) is 4.11 Å². The van der Waals surface area contributed by atoms with E-state index < -0.39 is 26.8 Å². The van der Waals surface area contributed by atoms with Gasteiger partial charge in [-0.2, -0.15) is 0 Å². The fraction of sp³-hybridized carbons (Fsp3) is 0.143. The van der Waals surface area contributed by atoms with E-state index in [1.807, 2.05) is 0 Å². The fourth-order valence-corrected chi connectivity index (χ4v) is 1.65. The second-order valence-electron chi connectivity index (χ2n) is 2.13. The summed E-state index contributed by atoms with van der Waals surface area (Å²) >= 11 is 0. The van der Waals surface area contributed by atoms with Crippen LogP contribution in [0.4, 0.5) is 4.39 Å². The summed E-state index contributed by atoms with van der Waals surface area (Å²) in [6.45, 7) is 0. The first-order valence-electron chi connectivity index (χ1n) is 4.53. The molecule has 0 saturated heterocycles. The monoisotopic (exact) mass is 227 g/mol. The van der Waals surface area contributed by atoms with Crippen LogP contribution in [-0.2, 0) is 9.05 Å². The molecule has 0 heterocycles. The zero-order valence-corrected chi connectivity index (χ0v) is 7.69. The van der Waals surface area contributed by atoms with Crippen molar-refractivity contribution in [1.82, 2.24) is 0 Å². The minimum atomic E-state index is -4.28. The largest absolute Gasteiger partial charge is 0.497 e. The van der Waals surface area contributed by atoms with Crippen LogP contribution in [-0.4, -0.2) is 15.5 Å². The molecule has 1 aromatic rings. The van der Waals surface area contributed by atoms with Crippen LogP contribution < -0.4 is 4.74 Å². The molecule has 0 aliphatic heterocycles. The van der Waals surface area contributed by atoms with E-state index >= 15 is 0 Å². The molecule has 13 heavy (non-hydrogen) atoms. The normalized spacial score (nSPS) is 15.7. The van der Waals surface area contributed by atoms with Gasteiger partial charge in [-0.25, -0.2) is 12.8 Å². The molecule has 72 valence electrons. The molecule has 0 unspecified atom stereocenters. The van der Waals surface area contributed by atoms with E-state index in [9.17, 15) is 12.8 Å². The standard InChI is InChI=1S/C7H6ClFO3S/c1-12-5-2-3-6(9)7(4-5)13(8,10)11/h2-4H,1H3/i1D3. The van der Waals surface area contributed by atoms with Gasteiger partial charge in [-0.3, -0.25) is 0 Å². The highest BCUT2D eigenvalue weighted by Crippen LogP contribution is 2.23. The van der Waals surface area contributed by atoms with E-state index in [1.54, 1.807) is 0 Å². The van der Waals surface area contributed by atoms with Crippen LogP contribution in [0.5, 0.6) is 5.75 Å². The maximum atomic E-state index is 13.0. The topological polar surface area (TPSA) is 43.4 Å². The van der Waals surface area contributed by atoms with E-state index in [0.29, 0.717) is 6.07 Å². The van der Waals surface area contributed by atoms with Crippen LogP contribution >= 0.6 is 10.7 Å². The predicted molar refractivity (Wildman–Crippen MR) is 46.0 cm³/mol. The van der Waals surface area contributed by atoms with Crippen molar-refractivity contribution < 1.29 is 21.7 Å². The van der Waals surface area contributed by atoms with Gasteiger partial charge in [-0.15, -0.1) is 0 Å². The summed E-state index contributed by atoms with van der Waals surface area (Å²) in [6, 6.07) is 2.47. The third-order valence-electron chi connectivity index (χ3n) is 1.28. The molecule has 1 aromatic carbocycles. The second kappa shape index (κ2) is 3.51. The van der Waals surface area contributed by atoms with Gasteiger partial charge in [0.25, 0.3) is 9.05 Å². The van der Waals surface area contributed by atoms with Gasteiger partial charge in [0.1, 0.15) is 16.5 Å². The summed E-state index contributed by atoms with van der Waals surface area (Å²) in [5.41, 5.74) is 0. The molecule has 0 aliphatic rings. The lowest BCUT2D eigenvalue weighted by molar-refractivity contribution is 0.411. The molecular weight excluding hydrogens is 219 g/mol. The number of hydrogen-bond donors (Lipinski definition) is 0. The summed E-state index contributed by atoms with van der Waals surface area (Å²) in [4.78, 5) is -0.823. The maximum Gasteiger partial charge on any atom is 0.264 e. The van der Waals surface area contributed by atoms with Gasteiger partial charge in [0.2, 0.25) is 0 Å². The van der Waals surface area contributed by atoms with Crippen LogP contribution in [0.15, 0.2) is 23.1 Å². The summed E-state index contributed by atoms with van der Waals surface area (Å²) < 4.78 is 59.6. The second-order valence-corrected chi connectivity index (χ2v) is 4.67. The van der Waals surface area contributed by atoms with Gasteiger partial charge in [0.05, 0.1) is 11.2 Å². The third kappa shape index (κ3) is 2.32. The number of rotatable bonds is 2. The summed E-state index contributed by atoms with van der Waals surface area (Å²) in [5.74, 6) is -1.38. The first-order chi connectivity index (χ1) is 7.09. The Kier molecular flexibility index (Phi) is 1.79. The zero-order chi connectivity index (χ0) is 12.6. The zero-order valence-electron chi connectivity index (χ0n) is 9.12. The molecule has 0 spiro atoms. The molecule has 6 heteroatoms. The number of methoxy groups -OCH3 is 1. The van der Waals surface area contributed by atoms with E-state index in [0.717, 1.165) is 12.1 Å². The quantitative estimate of drug-likeness (QED) is 0.724. The molecule has 0 aliphatic carbocycles. The van der Waals surface area contributed by atoms with Crippen molar-refractivity contribution in [3.8, 4) is 5.75 Å². The molecule has 0 radical (unpaired) electrons. The van der Waals surface area contributed by atoms with Crippen molar-refractivity contribution >= 4 is 19.7 Å². The molecule has 0 bridgehead atoms. The summed E-state index contributed by atoms with van der Waals surface area (Å²) in [7, 11) is -2.08. The third-order valence-corrected chi connectivity index (χ3v) is 2.62. The average molecular weight is 228 g/mol. The Morgan fingerprint density at radius 2 is 2.31 bits per heavy atom. The van der Waals surface area contributed by atoms with Crippen molar-refractivity contribution in [2.75, 3.05) is 7.04 Å². The summed E-state index contributed by atoms with van der Waals surface area (Å²) in [6.07, 6.45) is 0. The SMILES string of the molecule is [2H]C([2H])([2H])Oc1ccc(F)c(S(=O)(=O)Cl)c1. The highest BCUT2D eigenvalue weighted by Gasteiger charge is 2.16. The fourth-order valence-electron chi connectivity index (χ4n) is 0.734. The van der Waals surface area contributed by atoms with Crippen LogP contribution in [0.2, 0.25) is 0 Å². The van der Waals surface area contributed by atoms with Gasteiger partial charge in [-0.05, 0) is 12.1 Å². The highest BCUT2D eigenvalue weighted by molar-refractivity contribution is 8.13. The Morgan fingerprint density at radius 1 is 1.62 bits per heavy atom. The first-order valence-corrected chi connectivity index (χ1v) is 5.34. The summed E-state index contributed by atoms with van der Waals surface area (Å²) in [5, 5.41) is 0. The molecule has 0 saturated carbocycles. The van der Waals surface area contributed by atoms with Gasteiger partial charge < -0.3 is 4.74 Å². The molecule has 0 fully saturated rings. The average Bonchev–Trinajstić information content (AvgIpc) is 2.04. The lowest BCUT2D eigenvalue weighted by Crippen LogP contribution is -1.96. The lowest BCUT2D eigenvalue weighted by Gasteiger charge is -2.02.